The number of benzene rings is 2. The summed E-state index contributed by atoms with van der Waals surface area (Å²) in [5, 5.41) is 6.36. The summed E-state index contributed by atoms with van der Waals surface area (Å²) in [5.41, 5.74) is 7.18. The van der Waals surface area contributed by atoms with E-state index in [0.29, 0.717) is 6.04 Å². The summed E-state index contributed by atoms with van der Waals surface area (Å²) < 4.78 is 0. The summed E-state index contributed by atoms with van der Waals surface area (Å²) in [7, 11) is 0. The van der Waals surface area contributed by atoms with E-state index >= 15 is 0 Å². The molecule has 3 rings (SSSR count). The Hall–Kier alpha value is -1.38. The molecule has 0 radical (unpaired) electrons. The molecule has 0 heterocycles. The van der Waals surface area contributed by atoms with Gasteiger partial charge in [-0.05, 0) is 54.1 Å². The zero-order valence-corrected chi connectivity index (χ0v) is 12.0. The zero-order valence-electron chi connectivity index (χ0n) is 12.0. The van der Waals surface area contributed by atoms with Gasteiger partial charge in [-0.3, -0.25) is 0 Å². The lowest BCUT2D eigenvalue weighted by molar-refractivity contribution is 0.289. The van der Waals surface area contributed by atoms with Crippen molar-refractivity contribution in [3.05, 3.63) is 48.0 Å². The number of hydrogen-bond donors (Lipinski definition) is 2. The van der Waals surface area contributed by atoms with Gasteiger partial charge < -0.3 is 11.1 Å². The maximum absolute atomic E-state index is 5.81. The first kappa shape index (κ1) is 13.6. The minimum Gasteiger partial charge on any atom is -0.330 e. The van der Waals surface area contributed by atoms with Crippen molar-refractivity contribution in [3.63, 3.8) is 0 Å². The Balaban J connectivity index is 1.61. The van der Waals surface area contributed by atoms with Crippen molar-refractivity contribution in [2.75, 3.05) is 6.54 Å². The molecule has 2 nitrogen and oxygen atoms in total. The number of rotatable bonds is 4. The van der Waals surface area contributed by atoms with E-state index in [9.17, 15) is 0 Å². The van der Waals surface area contributed by atoms with Crippen LogP contribution in [0.4, 0.5) is 0 Å². The lowest BCUT2D eigenvalue weighted by Gasteiger charge is -2.29. The molecule has 0 aromatic heterocycles. The van der Waals surface area contributed by atoms with Gasteiger partial charge in [-0.2, -0.15) is 0 Å². The summed E-state index contributed by atoms with van der Waals surface area (Å²) in [4.78, 5) is 0. The van der Waals surface area contributed by atoms with Gasteiger partial charge in [0.15, 0.2) is 0 Å². The van der Waals surface area contributed by atoms with E-state index in [0.717, 1.165) is 19.0 Å². The molecule has 0 aliphatic heterocycles. The van der Waals surface area contributed by atoms with E-state index in [1.165, 1.54) is 42.0 Å². The van der Waals surface area contributed by atoms with Crippen LogP contribution in [0.3, 0.4) is 0 Å². The highest BCUT2D eigenvalue weighted by Gasteiger charge is 2.20. The summed E-state index contributed by atoms with van der Waals surface area (Å²) in [6.07, 6.45) is 5.16. The van der Waals surface area contributed by atoms with Gasteiger partial charge in [-0.15, -0.1) is 0 Å². The van der Waals surface area contributed by atoms with Crippen LogP contribution in [-0.2, 0) is 6.54 Å². The van der Waals surface area contributed by atoms with Crippen LogP contribution in [0.2, 0.25) is 0 Å². The summed E-state index contributed by atoms with van der Waals surface area (Å²) >= 11 is 0. The van der Waals surface area contributed by atoms with E-state index in [2.05, 4.69) is 47.8 Å². The maximum atomic E-state index is 5.81. The Morgan fingerprint density at radius 3 is 2.75 bits per heavy atom. The smallest absolute Gasteiger partial charge is 0.0208 e. The van der Waals surface area contributed by atoms with Crippen LogP contribution in [0.1, 0.15) is 31.2 Å². The van der Waals surface area contributed by atoms with Crippen LogP contribution in [0.25, 0.3) is 10.8 Å². The second-order valence-corrected chi connectivity index (χ2v) is 6.03. The van der Waals surface area contributed by atoms with Crippen LogP contribution in [0.5, 0.6) is 0 Å². The first-order chi connectivity index (χ1) is 9.85. The Morgan fingerprint density at radius 2 is 1.90 bits per heavy atom. The molecule has 1 saturated carbocycles. The van der Waals surface area contributed by atoms with Gasteiger partial charge in [-0.25, -0.2) is 0 Å². The number of hydrogen-bond acceptors (Lipinski definition) is 2. The van der Waals surface area contributed by atoms with E-state index in [-0.39, 0.29) is 0 Å². The van der Waals surface area contributed by atoms with Crippen molar-refractivity contribution in [3.8, 4) is 0 Å². The van der Waals surface area contributed by atoms with E-state index < -0.39 is 0 Å². The SMILES string of the molecule is NCC1CCCC(NCc2ccc3ccccc3c2)C1. The topological polar surface area (TPSA) is 38.0 Å². The lowest BCUT2D eigenvalue weighted by atomic mass is 9.86. The van der Waals surface area contributed by atoms with Crippen molar-refractivity contribution in [1.82, 2.24) is 5.32 Å². The van der Waals surface area contributed by atoms with Crippen LogP contribution in [0, 0.1) is 5.92 Å². The Kier molecular flexibility index (Phi) is 4.34. The molecular weight excluding hydrogens is 244 g/mol. The van der Waals surface area contributed by atoms with Crippen LogP contribution >= 0.6 is 0 Å². The van der Waals surface area contributed by atoms with E-state index in [1.54, 1.807) is 0 Å². The Labute approximate surface area is 121 Å². The van der Waals surface area contributed by atoms with Crippen molar-refractivity contribution >= 4 is 10.8 Å². The Morgan fingerprint density at radius 1 is 1.05 bits per heavy atom. The van der Waals surface area contributed by atoms with Gasteiger partial charge in [0.1, 0.15) is 0 Å². The van der Waals surface area contributed by atoms with Crippen molar-refractivity contribution in [2.45, 2.75) is 38.3 Å². The molecular formula is C18H24N2. The highest BCUT2D eigenvalue weighted by atomic mass is 14.9. The Bertz CT molecular complexity index is 564. The van der Waals surface area contributed by atoms with E-state index in [4.69, 9.17) is 5.73 Å². The molecule has 2 unspecified atom stereocenters. The molecule has 20 heavy (non-hydrogen) atoms. The average Bonchev–Trinajstić information content (AvgIpc) is 2.53. The maximum Gasteiger partial charge on any atom is 0.0208 e. The van der Waals surface area contributed by atoms with Crippen LogP contribution < -0.4 is 11.1 Å². The predicted molar refractivity (Wildman–Crippen MR) is 85.6 cm³/mol. The third-order valence-electron chi connectivity index (χ3n) is 4.52. The summed E-state index contributed by atoms with van der Waals surface area (Å²) in [6.45, 7) is 1.81. The van der Waals surface area contributed by atoms with Gasteiger partial charge >= 0.3 is 0 Å². The number of nitrogens with one attached hydrogen (secondary N) is 1. The highest BCUT2D eigenvalue weighted by molar-refractivity contribution is 5.82. The number of nitrogens with two attached hydrogens (primary N) is 1. The largest absolute Gasteiger partial charge is 0.330 e. The molecule has 0 spiro atoms. The van der Waals surface area contributed by atoms with Gasteiger partial charge in [-0.1, -0.05) is 42.8 Å². The van der Waals surface area contributed by atoms with Gasteiger partial charge in [0.05, 0.1) is 0 Å². The molecule has 0 amide bonds. The first-order valence-corrected chi connectivity index (χ1v) is 7.76. The minimum absolute atomic E-state index is 0.642. The molecule has 2 aromatic rings. The second-order valence-electron chi connectivity index (χ2n) is 6.03. The third kappa shape index (κ3) is 3.20. The highest BCUT2D eigenvalue weighted by Crippen LogP contribution is 2.24. The minimum atomic E-state index is 0.642. The molecule has 1 aliphatic rings. The van der Waals surface area contributed by atoms with Gasteiger partial charge in [0.25, 0.3) is 0 Å². The fraction of sp³-hybridized carbons (Fsp3) is 0.444. The molecule has 3 N–H and O–H groups in total. The summed E-state index contributed by atoms with van der Waals surface area (Å²) in [6, 6.07) is 15.9. The molecule has 2 aromatic carbocycles. The van der Waals surface area contributed by atoms with E-state index in [1.807, 2.05) is 0 Å². The fourth-order valence-corrected chi connectivity index (χ4v) is 3.30. The molecule has 0 saturated heterocycles. The lowest BCUT2D eigenvalue weighted by Crippen LogP contribution is -2.35. The molecule has 0 bridgehead atoms. The monoisotopic (exact) mass is 268 g/mol. The normalized spacial score (nSPS) is 23.1. The van der Waals surface area contributed by atoms with Crippen molar-refractivity contribution in [2.24, 2.45) is 11.7 Å². The number of fused-ring (bicyclic) bond motifs is 1. The standard InChI is InChI=1S/C18H24N2/c19-12-14-4-3-7-18(11-14)20-13-15-8-9-16-5-1-2-6-17(16)10-15/h1-2,5-6,8-10,14,18,20H,3-4,7,11-13,19H2. The van der Waals surface area contributed by atoms with Crippen molar-refractivity contribution in [1.29, 1.82) is 0 Å². The predicted octanol–water partition coefficient (Wildman–Crippen LogP) is 3.45. The third-order valence-corrected chi connectivity index (χ3v) is 4.52. The first-order valence-electron chi connectivity index (χ1n) is 7.76. The van der Waals surface area contributed by atoms with Crippen LogP contribution in [0.15, 0.2) is 42.5 Å². The zero-order chi connectivity index (χ0) is 13.8. The molecule has 2 atom stereocenters. The summed E-state index contributed by atoms with van der Waals surface area (Å²) in [5.74, 6) is 0.720. The average molecular weight is 268 g/mol. The van der Waals surface area contributed by atoms with Gasteiger partial charge in [0.2, 0.25) is 0 Å². The molecule has 2 heteroatoms. The van der Waals surface area contributed by atoms with Crippen LogP contribution in [-0.4, -0.2) is 12.6 Å². The molecule has 1 aliphatic carbocycles. The molecule has 106 valence electrons. The second kappa shape index (κ2) is 6.38. The fourth-order valence-electron chi connectivity index (χ4n) is 3.30. The van der Waals surface area contributed by atoms with Gasteiger partial charge in [0, 0.05) is 12.6 Å². The van der Waals surface area contributed by atoms with Crippen molar-refractivity contribution < 1.29 is 0 Å². The molecule has 1 fully saturated rings. The quantitative estimate of drug-likeness (QED) is 0.891.